The van der Waals surface area contributed by atoms with E-state index in [9.17, 15) is 14.9 Å². The van der Waals surface area contributed by atoms with Gasteiger partial charge in [0.05, 0.1) is 4.92 Å². The first kappa shape index (κ1) is 14.8. The number of carbonyl (C=O) groups is 1. The second-order valence-corrected chi connectivity index (χ2v) is 4.83. The van der Waals surface area contributed by atoms with E-state index in [-0.39, 0.29) is 16.4 Å². The monoisotopic (exact) mass is 305 g/mol. The zero-order valence-corrected chi connectivity index (χ0v) is 11.8. The highest BCUT2D eigenvalue weighted by atomic mass is 35.5. The van der Waals surface area contributed by atoms with E-state index < -0.39 is 10.8 Å². The molecule has 1 amide bonds. The molecular weight excluding hydrogens is 294 g/mol. The van der Waals surface area contributed by atoms with Crippen LogP contribution in [-0.4, -0.2) is 10.8 Å². The van der Waals surface area contributed by atoms with Crippen molar-refractivity contribution in [1.82, 2.24) is 0 Å². The number of rotatable bonds is 3. The molecule has 2 rings (SSSR count). The lowest BCUT2D eigenvalue weighted by atomic mass is 10.1. The lowest BCUT2D eigenvalue weighted by Crippen LogP contribution is -2.15. The van der Waals surface area contributed by atoms with Crippen LogP contribution in [0.5, 0.6) is 0 Å². The molecular formula is C14H12ClN3O3. The van der Waals surface area contributed by atoms with E-state index in [0.29, 0.717) is 16.8 Å². The van der Waals surface area contributed by atoms with Gasteiger partial charge >= 0.3 is 0 Å². The molecule has 108 valence electrons. The number of nitrogens with zero attached hydrogens (tertiary/aromatic N) is 1. The number of carbonyl (C=O) groups excluding carboxylic acids is 1. The van der Waals surface area contributed by atoms with Crippen LogP contribution in [0, 0.1) is 17.0 Å². The van der Waals surface area contributed by atoms with Crippen LogP contribution in [0.1, 0.15) is 15.9 Å². The predicted octanol–water partition coefficient (Wildman–Crippen LogP) is 3.39. The smallest absolute Gasteiger partial charge is 0.294 e. The number of nitrogens with one attached hydrogen (secondary N) is 1. The predicted molar refractivity (Wildman–Crippen MR) is 81.7 cm³/mol. The Balaban J connectivity index is 2.36. The molecule has 3 N–H and O–H groups in total. The Hall–Kier alpha value is -2.60. The fourth-order valence-electron chi connectivity index (χ4n) is 1.85. The first-order valence-electron chi connectivity index (χ1n) is 6.00. The Morgan fingerprint density at radius 1 is 1.33 bits per heavy atom. The lowest BCUT2D eigenvalue weighted by molar-refractivity contribution is -0.383. The van der Waals surface area contributed by atoms with Gasteiger partial charge in [0.15, 0.2) is 0 Å². The van der Waals surface area contributed by atoms with Crippen molar-refractivity contribution in [3.05, 3.63) is 62.7 Å². The van der Waals surface area contributed by atoms with Crippen LogP contribution in [0.15, 0.2) is 36.4 Å². The molecule has 0 spiro atoms. The fraction of sp³-hybridized carbons (Fsp3) is 0.0714. The topological polar surface area (TPSA) is 98.3 Å². The van der Waals surface area contributed by atoms with Gasteiger partial charge in [-0.15, -0.1) is 0 Å². The van der Waals surface area contributed by atoms with Gasteiger partial charge in [-0.05, 0) is 36.8 Å². The van der Waals surface area contributed by atoms with Crippen LogP contribution in [0.4, 0.5) is 17.1 Å². The Kier molecular flexibility index (Phi) is 4.09. The summed E-state index contributed by atoms with van der Waals surface area (Å²) in [7, 11) is 0. The zero-order valence-electron chi connectivity index (χ0n) is 11.1. The molecule has 0 aliphatic carbocycles. The molecule has 2 aromatic carbocycles. The van der Waals surface area contributed by atoms with Crippen molar-refractivity contribution in [2.75, 3.05) is 11.1 Å². The molecule has 7 heteroatoms. The van der Waals surface area contributed by atoms with Gasteiger partial charge in [-0.2, -0.15) is 0 Å². The summed E-state index contributed by atoms with van der Waals surface area (Å²) in [5.41, 5.74) is 7.02. The van der Waals surface area contributed by atoms with Crippen molar-refractivity contribution in [3.63, 3.8) is 0 Å². The molecule has 0 aliphatic rings. The third-order valence-corrected chi connectivity index (χ3v) is 3.26. The van der Waals surface area contributed by atoms with Crippen LogP contribution in [0.25, 0.3) is 0 Å². The van der Waals surface area contributed by atoms with Crippen molar-refractivity contribution in [1.29, 1.82) is 0 Å². The number of amides is 1. The molecule has 0 saturated heterocycles. The molecule has 0 aliphatic heterocycles. The summed E-state index contributed by atoms with van der Waals surface area (Å²) in [6.45, 7) is 1.71. The minimum absolute atomic E-state index is 0.0798. The van der Waals surface area contributed by atoms with Crippen molar-refractivity contribution in [2.45, 2.75) is 6.92 Å². The number of benzene rings is 2. The molecule has 21 heavy (non-hydrogen) atoms. The average molecular weight is 306 g/mol. The highest BCUT2D eigenvalue weighted by Gasteiger charge is 2.18. The average Bonchev–Trinajstić information content (AvgIpc) is 2.43. The number of nitrogen functional groups attached to an aromatic ring is 1. The second-order valence-electron chi connectivity index (χ2n) is 4.39. The number of nitrogens with two attached hydrogens (primary N) is 1. The normalized spacial score (nSPS) is 10.2. The molecule has 2 aromatic rings. The van der Waals surface area contributed by atoms with E-state index in [0.717, 1.165) is 0 Å². The number of anilines is 2. The van der Waals surface area contributed by atoms with E-state index in [1.54, 1.807) is 25.1 Å². The summed E-state index contributed by atoms with van der Waals surface area (Å²) >= 11 is 5.73. The van der Waals surface area contributed by atoms with Crippen LogP contribution in [0.2, 0.25) is 5.02 Å². The maximum atomic E-state index is 12.2. The molecule has 0 atom stereocenters. The van der Waals surface area contributed by atoms with Crippen molar-refractivity contribution in [2.24, 2.45) is 0 Å². The van der Waals surface area contributed by atoms with E-state index in [4.69, 9.17) is 17.3 Å². The highest BCUT2D eigenvalue weighted by Crippen LogP contribution is 2.28. The molecule has 0 radical (unpaired) electrons. The molecule has 6 nitrogen and oxygen atoms in total. The van der Waals surface area contributed by atoms with Crippen LogP contribution >= 0.6 is 11.6 Å². The van der Waals surface area contributed by atoms with Gasteiger partial charge in [0.1, 0.15) is 5.69 Å². The maximum absolute atomic E-state index is 12.2. The summed E-state index contributed by atoms with van der Waals surface area (Å²) in [6, 6.07) is 8.97. The van der Waals surface area contributed by atoms with Crippen molar-refractivity contribution < 1.29 is 9.72 Å². The third-order valence-electron chi connectivity index (χ3n) is 3.02. The zero-order chi connectivity index (χ0) is 15.6. The number of hydrogen-bond acceptors (Lipinski definition) is 4. The summed E-state index contributed by atoms with van der Waals surface area (Å²) in [6.07, 6.45) is 0. The molecule has 0 bridgehead atoms. The van der Waals surface area contributed by atoms with Gasteiger partial charge in [-0.3, -0.25) is 14.9 Å². The SMILES string of the molecule is Cc1c(N)cccc1C(=O)Nc1ccc(Cl)cc1[N+](=O)[O-]. The van der Waals surface area contributed by atoms with E-state index in [1.807, 2.05) is 0 Å². The summed E-state index contributed by atoms with van der Waals surface area (Å²) in [5.74, 6) is -0.467. The van der Waals surface area contributed by atoms with Gasteiger partial charge in [0, 0.05) is 22.3 Å². The Bertz CT molecular complexity index is 731. The van der Waals surface area contributed by atoms with E-state index in [1.165, 1.54) is 18.2 Å². The molecule has 0 heterocycles. The molecule has 0 fully saturated rings. The second kappa shape index (κ2) is 5.80. The Labute approximate surface area is 125 Å². The Morgan fingerprint density at radius 2 is 2.05 bits per heavy atom. The highest BCUT2D eigenvalue weighted by molar-refractivity contribution is 6.31. The summed E-state index contributed by atoms with van der Waals surface area (Å²) < 4.78 is 0. The van der Waals surface area contributed by atoms with Crippen molar-refractivity contribution in [3.8, 4) is 0 Å². The summed E-state index contributed by atoms with van der Waals surface area (Å²) in [5, 5.41) is 13.7. The third kappa shape index (κ3) is 3.11. The number of hydrogen-bond donors (Lipinski definition) is 2. The largest absolute Gasteiger partial charge is 0.398 e. The van der Waals surface area contributed by atoms with Gasteiger partial charge in [-0.25, -0.2) is 0 Å². The van der Waals surface area contributed by atoms with Gasteiger partial charge in [0.25, 0.3) is 11.6 Å². The number of nitro groups is 1. The van der Waals surface area contributed by atoms with E-state index >= 15 is 0 Å². The van der Waals surface area contributed by atoms with Gasteiger partial charge in [-0.1, -0.05) is 17.7 Å². The lowest BCUT2D eigenvalue weighted by Gasteiger charge is -2.09. The summed E-state index contributed by atoms with van der Waals surface area (Å²) in [4.78, 5) is 22.6. The van der Waals surface area contributed by atoms with E-state index in [2.05, 4.69) is 5.32 Å². The molecule has 0 unspecified atom stereocenters. The van der Waals surface area contributed by atoms with Crippen LogP contribution in [0.3, 0.4) is 0 Å². The Morgan fingerprint density at radius 3 is 2.71 bits per heavy atom. The minimum Gasteiger partial charge on any atom is -0.398 e. The van der Waals surface area contributed by atoms with Crippen LogP contribution in [-0.2, 0) is 0 Å². The quantitative estimate of drug-likeness (QED) is 0.516. The van der Waals surface area contributed by atoms with Gasteiger partial charge < -0.3 is 11.1 Å². The molecule has 0 aromatic heterocycles. The minimum atomic E-state index is -0.603. The standard InChI is InChI=1S/C14H12ClN3O3/c1-8-10(3-2-4-11(8)16)14(19)17-12-6-5-9(15)7-13(12)18(20)21/h2-7H,16H2,1H3,(H,17,19). The van der Waals surface area contributed by atoms with Gasteiger partial charge in [0.2, 0.25) is 0 Å². The number of nitro benzene ring substituents is 1. The first-order valence-corrected chi connectivity index (χ1v) is 6.38. The fourth-order valence-corrected chi connectivity index (χ4v) is 2.02. The molecule has 0 saturated carbocycles. The van der Waals surface area contributed by atoms with Crippen molar-refractivity contribution >= 4 is 34.6 Å². The first-order chi connectivity index (χ1) is 9.90. The maximum Gasteiger partial charge on any atom is 0.294 e. The number of halogens is 1. The van der Waals surface area contributed by atoms with Crippen LogP contribution < -0.4 is 11.1 Å².